The summed E-state index contributed by atoms with van der Waals surface area (Å²) in [5.41, 5.74) is 4.22. The van der Waals surface area contributed by atoms with E-state index in [2.05, 4.69) is 40.2 Å². The molecule has 1 N–H and O–H groups in total. The first-order valence-electron chi connectivity index (χ1n) is 7.73. The normalized spacial score (nSPS) is 17.1. The molecule has 1 fully saturated rings. The second-order valence-corrected chi connectivity index (χ2v) is 5.63. The highest BCUT2D eigenvalue weighted by atomic mass is 14.8. The maximum absolute atomic E-state index is 4.45. The molecule has 1 aliphatic carbocycles. The number of hydrogen-bond acceptors (Lipinski definition) is 3. The molecule has 0 aromatic carbocycles. The van der Waals surface area contributed by atoms with E-state index in [0.717, 1.165) is 22.5 Å². The van der Waals surface area contributed by atoms with Crippen molar-refractivity contribution in [1.29, 1.82) is 0 Å². The van der Waals surface area contributed by atoms with E-state index in [9.17, 15) is 0 Å². The van der Waals surface area contributed by atoms with Gasteiger partial charge in [-0.2, -0.15) is 0 Å². The molecule has 0 aliphatic heterocycles. The van der Waals surface area contributed by atoms with Crippen LogP contribution < -0.4 is 5.32 Å². The quantitative estimate of drug-likeness (QED) is 0.633. The number of nitrogens with zero attached hydrogens (tertiary/aromatic N) is 2. The highest BCUT2D eigenvalue weighted by Gasteiger charge is 2.11. The van der Waals surface area contributed by atoms with E-state index in [1.807, 2.05) is 26.4 Å². The van der Waals surface area contributed by atoms with Crippen molar-refractivity contribution >= 4 is 18.0 Å². The summed E-state index contributed by atoms with van der Waals surface area (Å²) in [6.45, 7) is 5.62. The van der Waals surface area contributed by atoms with Crippen LogP contribution in [0.3, 0.4) is 0 Å². The molecule has 1 saturated carbocycles. The topological polar surface area (TPSA) is 37.3 Å². The monoisotopic (exact) mass is 283 g/mol. The molecule has 2 rings (SSSR count). The number of allylic oxidation sites excluding steroid dienone is 3. The Kier molecular flexibility index (Phi) is 5.73. The second-order valence-electron chi connectivity index (χ2n) is 5.63. The molecule has 21 heavy (non-hydrogen) atoms. The fourth-order valence-electron chi connectivity index (χ4n) is 2.83. The van der Waals surface area contributed by atoms with Gasteiger partial charge in [-0.3, -0.25) is 9.98 Å². The summed E-state index contributed by atoms with van der Waals surface area (Å²) < 4.78 is 0. The highest BCUT2D eigenvalue weighted by molar-refractivity contribution is 5.77. The molecule has 3 heteroatoms. The minimum absolute atomic E-state index is 0.702. The Balaban J connectivity index is 2.24. The van der Waals surface area contributed by atoms with Gasteiger partial charge in [0.2, 0.25) is 0 Å². The molecular weight excluding hydrogens is 258 g/mol. The average molecular weight is 283 g/mol. The third-order valence-electron chi connectivity index (χ3n) is 4.11. The fourth-order valence-corrected chi connectivity index (χ4v) is 2.83. The number of rotatable bonds is 5. The number of aliphatic imine (C=N–C) groups is 1. The molecule has 0 atom stereocenters. The summed E-state index contributed by atoms with van der Waals surface area (Å²) in [7, 11) is 1.91. The third kappa shape index (κ3) is 4.28. The van der Waals surface area contributed by atoms with Crippen molar-refractivity contribution in [3.8, 4) is 0 Å². The lowest BCUT2D eigenvalue weighted by Crippen LogP contribution is -2.02. The van der Waals surface area contributed by atoms with Crippen molar-refractivity contribution in [2.75, 3.05) is 12.4 Å². The van der Waals surface area contributed by atoms with Crippen molar-refractivity contribution in [3.05, 3.63) is 41.9 Å². The van der Waals surface area contributed by atoms with Crippen LogP contribution >= 0.6 is 0 Å². The fraction of sp³-hybridized carbons (Fsp3) is 0.444. The van der Waals surface area contributed by atoms with Crippen LogP contribution in [0.5, 0.6) is 0 Å². The lowest BCUT2D eigenvalue weighted by atomic mass is 9.88. The molecule has 1 aromatic heterocycles. The maximum Gasteiger partial charge on any atom is 0.0530 e. The van der Waals surface area contributed by atoms with Crippen LogP contribution in [0.25, 0.3) is 5.57 Å². The average Bonchev–Trinajstić information content (AvgIpc) is 2.53. The van der Waals surface area contributed by atoms with Crippen LogP contribution in [0, 0.1) is 12.8 Å². The second kappa shape index (κ2) is 7.77. The SMILES string of the molecule is C=N/C=C(\C=C/C1CCCCC1)c1cc(NC)cnc1C. The van der Waals surface area contributed by atoms with Crippen LogP contribution in [0.4, 0.5) is 5.69 Å². The summed E-state index contributed by atoms with van der Waals surface area (Å²) in [4.78, 5) is 8.41. The summed E-state index contributed by atoms with van der Waals surface area (Å²) in [6, 6.07) is 2.12. The number of aromatic nitrogens is 1. The first-order valence-corrected chi connectivity index (χ1v) is 7.73. The van der Waals surface area contributed by atoms with Gasteiger partial charge in [0, 0.05) is 30.1 Å². The van der Waals surface area contributed by atoms with Gasteiger partial charge in [-0.15, -0.1) is 0 Å². The van der Waals surface area contributed by atoms with E-state index in [0.29, 0.717) is 5.92 Å². The molecule has 3 nitrogen and oxygen atoms in total. The maximum atomic E-state index is 4.45. The Morgan fingerprint density at radius 1 is 1.38 bits per heavy atom. The predicted molar refractivity (Wildman–Crippen MR) is 91.8 cm³/mol. The molecule has 0 bridgehead atoms. The van der Waals surface area contributed by atoms with E-state index < -0.39 is 0 Å². The van der Waals surface area contributed by atoms with Crippen LogP contribution in [-0.4, -0.2) is 18.7 Å². The van der Waals surface area contributed by atoms with E-state index >= 15 is 0 Å². The van der Waals surface area contributed by atoms with Gasteiger partial charge < -0.3 is 5.32 Å². The largest absolute Gasteiger partial charge is 0.387 e. The number of nitrogens with one attached hydrogen (secondary N) is 1. The van der Waals surface area contributed by atoms with Crippen LogP contribution in [0.15, 0.2) is 35.6 Å². The first kappa shape index (κ1) is 15.5. The van der Waals surface area contributed by atoms with Gasteiger partial charge in [0.1, 0.15) is 0 Å². The van der Waals surface area contributed by atoms with Crippen molar-refractivity contribution in [2.45, 2.75) is 39.0 Å². The molecule has 0 spiro atoms. The smallest absolute Gasteiger partial charge is 0.0530 e. The minimum Gasteiger partial charge on any atom is -0.387 e. The molecule has 112 valence electrons. The van der Waals surface area contributed by atoms with Gasteiger partial charge >= 0.3 is 0 Å². The summed E-state index contributed by atoms with van der Waals surface area (Å²) in [5, 5.41) is 3.14. The van der Waals surface area contributed by atoms with Crippen LogP contribution in [-0.2, 0) is 0 Å². The van der Waals surface area contributed by atoms with Gasteiger partial charge in [0.15, 0.2) is 0 Å². The Labute approximate surface area is 127 Å². The molecule has 0 amide bonds. The van der Waals surface area contributed by atoms with Crippen molar-refractivity contribution in [1.82, 2.24) is 4.98 Å². The third-order valence-corrected chi connectivity index (χ3v) is 4.11. The zero-order chi connectivity index (χ0) is 15.1. The minimum atomic E-state index is 0.702. The molecule has 0 saturated heterocycles. The van der Waals surface area contributed by atoms with Gasteiger partial charge in [0.05, 0.1) is 11.9 Å². The van der Waals surface area contributed by atoms with Crippen molar-refractivity contribution in [3.63, 3.8) is 0 Å². The lowest BCUT2D eigenvalue weighted by molar-refractivity contribution is 0.419. The number of anilines is 1. The Morgan fingerprint density at radius 2 is 2.14 bits per heavy atom. The number of aryl methyl sites for hydroxylation is 1. The number of pyridine rings is 1. The molecule has 1 aliphatic rings. The van der Waals surface area contributed by atoms with Gasteiger partial charge in [-0.25, -0.2) is 0 Å². The molecule has 1 heterocycles. The van der Waals surface area contributed by atoms with Crippen molar-refractivity contribution < 1.29 is 0 Å². The zero-order valence-electron chi connectivity index (χ0n) is 13.1. The molecule has 1 aromatic rings. The molecule has 0 radical (unpaired) electrons. The van der Waals surface area contributed by atoms with Crippen LogP contribution in [0.1, 0.15) is 43.4 Å². The van der Waals surface area contributed by atoms with Gasteiger partial charge in [-0.05, 0) is 38.5 Å². The summed E-state index contributed by atoms with van der Waals surface area (Å²) in [6.07, 6.45) is 14.9. The van der Waals surface area contributed by atoms with Gasteiger partial charge in [-0.1, -0.05) is 31.4 Å². The lowest BCUT2D eigenvalue weighted by Gasteiger charge is -2.18. The summed E-state index contributed by atoms with van der Waals surface area (Å²) >= 11 is 0. The van der Waals surface area contributed by atoms with Crippen molar-refractivity contribution in [2.24, 2.45) is 10.9 Å². The van der Waals surface area contributed by atoms with E-state index in [-0.39, 0.29) is 0 Å². The van der Waals surface area contributed by atoms with E-state index in [4.69, 9.17) is 0 Å². The predicted octanol–water partition coefficient (Wildman–Crippen LogP) is 4.61. The summed E-state index contributed by atoms with van der Waals surface area (Å²) in [5.74, 6) is 0.702. The standard InChI is InChI=1S/C18H25N3/c1-14-18(11-17(20-3)13-21-14)16(12-19-2)10-9-15-7-5-4-6-8-15/h9-13,15,20H,2,4-8H2,1,3H3/b10-9-,16-12+. The molecule has 0 unspecified atom stereocenters. The Hall–Kier alpha value is -1.90. The Morgan fingerprint density at radius 3 is 2.81 bits per heavy atom. The van der Waals surface area contributed by atoms with E-state index in [1.54, 1.807) is 0 Å². The molecular formula is C18H25N3. The number of hydrogen-bond donors (Lipinski definition) is 1. The highest BCUT2D eigenvalue weighted by Crippen LogP contribution is 2.27. The zero-order valence-corrected chi connectivity index (χ0v) is 13.1. The first-order chi connectivity index (χ1) is 10.2. The van der Waals surface area contributed by atoms with Crippen LogP contribution in [0.2, 0.25) is 0 Å². The van der Waals surface area contributed by atoms with E-state index in [1.165, 1.54) is 32.1 Å². The van der Waals surface area contributed by atoms with Gasteiger partial charge in [0.25, 0.3) is 0 Å². The Bertz CT molecular complexity index is 537.